The molecule has 3 N–H and O–H groups in total. The van der Waals surface area contributed by atoms with Crippen molar-refractivity contribution in [1.29, 1.82) is 0 Å². The van der Waals surface area contributed by atoms with Gasteiger partial charge in [-0.05, 0) is 25.0 Å². The number of benzene rings is 1. The highest BCUT2D eigenvalue weighted by molar-refractivity contribution is 5.77. The molecular weight excluding hydrogens is 216 g/mol. The van der Waals surface area contributed by atoms with E-state index in [4.69, 9.17) is 10.5 Å². The fourth-order valence-corrected chi connectivity index (χ4v) is 1.37. The number of nitrogen functional groups attached to an aromatic ring is 1. The van der Waals surface area contributed by atoms with Gasteiger partial charge < -0.3 is 15.8 Å². The van der Waals surface area contributed by atoms with Crippen molar-refractivity contribution in [2.24, 2.45) is 0 Å². The van der Waals surface area contributed by atoms with Crippen LogP contribution >= 0.6 is 0 Å². The predicted octanol–water partition coefficient (Wildman–Crippen LogP) is 1.87. The zero-order chi connectivity index (χ0) is 12.7. The Balaban J connectivity index is 2.39. The normalized spacial score (nSPS) is 10.0. The van der Waals surface area contributed by atoms with Crippen molar-refractivity contribution < 1.29 is 9.53 Å². The van der Waals surface area contributed by atoms with Crippen LogP contribution in [-0.4, -0.2) is 19.1 Å². The molecule has 0 atom stereocenters. The van der Waals surface area contributed by atoms with Gasteiger partial charge in [0.1, 0.15) is 5.75 Å². The maximum Gasteiger partial charge on any atom is 0.257 e. The average molecular weight is 236 g/mol. The monoisotopic (exact) mass is 236 g/mol. The summed E-state index contributed by atoms with van der Waals surface area (Å²) < 4.78 is 5.42. The lowest BCUT2D eigenvalue weighted by Crippen LogP contribution is -2.29. The van der Waals surface area contributed by atoms with Crippen LogP contribution in [-0.2, 0) is 4.79 Å². The number of anilines is 1. The van der Waals surface area contributed by atoms with Crippen molar-refractivity contribution >= 4 is 11.6 Å². The zero-order valence-electron chi connectivity index (χ0n) is 10.5. The molecule has 0 aromatic heterocycles. The largest absolute Gasteiger partial charge is 0.483 e. The fourth-order valence-electron chi connectivity index (χ4n) is 1.37. The lowest BCUT2D eigenvalue weighted by Gasteiger charge is -2.10. The number of hydrogen-bond donors (Lipinski definition) is 2. The number of nitrogens with two attached hydrogens (primary N) is 1. The minimum atomic E-state index is -0.0970. The summed E-state index contributed by atoms with van der Waals surface area (Å²) in [7, 11) is 0. The second-order valence-electron chi connectivity index (χ2n) is 4.02. The van der Waals surface area contributed by atoms with Gasteiger partial charge in [-0.1, -0.05) is 19.4 Å². The summed E-state index contributed by atoms with van der Waals surface area (Å²) >= 11 is 0. The first-order valence-electron chi connectivity index (χ1n) is 5.89. The second-order valence-corrected chi connectivity index (χ2v) is 4.02. The van der Waals surface area contributed by atoms with Gasteiger partial charge in [-0.15, -0.1) is 0 Å². The van der Waals surface area contributed by atoms with Gasteiger partial charge in [-0.2, -0.15) is 0 Å². The van der Waals surface area contributed by atoms with Crippen molar-refractivity contribution in [2.45, 2.75) is 26.7 Å². The molecule has 0 unspecified atom stereocenters. The van der Waals surface area contributed by atoms with E-state index < -0.39 is 0 Å². The van der Waals surface area contributed by atoms with Crippen LogP contribution < -0.4 is 15.8 Å². The van der Waals surface area contributed by atoms with E-state index in [0.717, 1.165) is 18.4 Å². The third-order valence-corrected chi connectivity index (χ3v) is 2.42. The highest BCUT2D eigenvalue weighted by Gasteiger charge is 2.04. The van der Waals surface area contributed by atoms with Crippen LogP contribution in [0.3, 0.4) is 0 Å². The number of rotatable bonds is 6. The molecular formula is C13H20N2O2. The maximum atomic E-state index is 11.4. The lowest BCUT2D eigenvalue weighted by atomic mass is 10.2. The fraction of sp³-hybridized carbons (Fsp3) is 0.462. The molecule has 17 heavy (non-hydrogen) atoms. The first-order chi connectivity index (χ1) is 8.13. The summed E-state index contributed by atoms with van der Waals surface area (Å²) in [5, 5.41) is 2.79. The molecule has 1 aromatic carbocycles. The average Bonchev–Trinajstić information content (AvgIpc) is 2.31. The maximum absolute atomic E-state index is 11.4. The van der Waals surface area contributed by atoms with E-state index in [1.807, 2.05) is 19.1 Å². The Kier molecular flexibility index (Phi) is 5.33. The Morgan fingerprint density at radius 3 is 2.94 bits per heavy atom. The van der Waals surface area contributed by atoms with Crippen LogP contribution in [0.25, 0.3) is 0 Å². The molecule has 0 bridgehead atoms. The van der Waals surface area contributed by atoms with E-state index in [2.05, 4.69) is 12.2 Å². The van der Waals surface area contributed by atoms with Crippen molar-refractivity contribution in [3.05, 3.63) is 23.8 Å². The summed E-state index contributed by atoms with van der Waals surface area (Å²) in [5.74, 6) is 0.566. The Morgan fingerprint density at radius 2 is 2.24 bits per heavy atom. The molecule has 0 saturated carbocycles. The van der Waals surface area contributed by atoms with E-state index in [1.165, 1.54) is 0 Å². The molecule has 0 heterocycles. The number of hydrogen-bond acceptors (Lipinski definition) is 3. The third kappa shape index (κ3) is 4.76. The Morgan fingerprint density at radius 1 is 1.47 bits per heavy atom. The zero-order valence-corrected chi connectivity index (χ0v) is 10.5. The number of ether oxygens (including phenoxy) is 1. The number of unbranched alkanes of at least 4 members (excludes halogenated alkanes) is 1. The smallest absolute Gasteiger partial charge is 0.257 e. The van der Waals surface area contributed by atoms with Gasteiger partial charge in [0.2, 0.25) is 0 Å². The van der Waals surface area contributed by atoms with Crippen molar-refractivity contribution in [3.63, 3.8) is 0 Å². The molecule has 94 valence electrons. The summed E-state index contributed by atoms with van der Waals surface area (Å²) in [4.78, 5) is 11.4. The third-order valence-electron chi connectivity index (χ3n) is 2.42. The molecule has 0 saturated heterocycles. The quantitative estimate of drug-likeness (QED) is 0.585. The van der Waals surface area contributed by atoms with Gasteiger partial charge in [-0.3, -0.25) is 4.79 Å². The highest BCUT2D eigenvalue weighted by atomic mass is 16.5. The van der Waals surface area contributed by atoms with Gasteiger partial charge in [0.25, 0.3) is 5.91 Å². The number of amides is 1. The molecule has 0 aliphatic heterocycles. The summed E-state index contributed by atoms with van der Waals surface area (Å²) in [6.45, 7) is 4.74. The minimum absolute atomic E-state index is 0.0357. The van der Waals surface area contributed by atoms with Crippen molar-refractivity contribution in [2.75, 3.05) is 18.9 Å². The number of nitrogens with one attached hydrogen (secondary N) is 1. The molecule has 4 heteroatoms. The van der Waals surface area contributed by atoms with Gasteiger partial charge in [0, 0.05) is 18.3 Å². The summed E-state index contributed by atoms with van der Waals surface area (Å²) in [6, 6.07) is 5.41. The molecule has 0 aliphatic rings. The molecule has 1 rings (SSSR count). The molecule has 0 fully saturated rings. The van der Waals surface area contributed by atoms with Crippen molar-refractivity contribution in [3.8, 4) is 5.75 Å². The molecule has 0 radical (unpaired) electrons. The molecule has 0 aliphatic carbocycles. The number of carbonyl (C=O) groups is 1. The van der Waals surface area contributed by atoms with E-state index in [0.29, 0.717) is 18.0 Å². The van der Waals surface area contributed by atoms with Gasteiger partial charge in [0.15, 0.2) is 6.61 Å². The Hall–Kier alpha value is -1.71. The van der Waals surface area contributed by atoms with E-state index >= 15 is 0 Å². The van der Waals surface area contributed by atoms with Crippen LogP contribution in [0, 0.1) is 6.92 Å². The molecule has 0 spiro atoms. The minimum Gasteiger partial charge on any atom is -0.483 e. The van der Waals surface area contributed by atoms with Gasteiger partial charge in [-0.25, -0.2) is 0 Å². The Labute approximate surface area is 102 Å². The second kappa shape index (κ2) is 6.78. The lowest BCUT2D eigenvalue weighted by molar-refractivity contribution is -0.123. The predicted molar refractivity (Wildman–Crippen MR) is 69.0 cm³/mol. The Bertz CT molecular complexity index is 378. The van der Waals surface area contributed by atoms with Crippen LogP contribution in [0.1, 0.15) is 25.3 Å². The highest BCUT2D eigenvalue weighted by Crippen LogP contribution is 2.20. The molecule has 1 aromatic rings. The number of carbonyl (C=O) groups excluding carboxylic acids is 1. The first kappa shape index (κ1) is 13.4. The van der Waals surface area contributed by atoms with Gasteiger partial charge in [0.05, 0.1) is 0 Å². The standard InChI is InChI=1S/C13H20N2O2/c1-3-4-7-15-13(16)9-17-12-8-11(14)6-5-10(12)2/h5-6,8H,3-4,7,9,14H2,1-2H3,(H,15,16). The SMILES string of the molecule is CCCCNC(=O)COc1cc(N)ccc1C. The number of aryl methyl sites for hydroxylation is 1. The van der Waals surface area contributed by atoms with Crippen molar-refractivity contribution in [1.82, 2.24) is 5.32 Å². The van der Waals surface area contributed by atoms with Crippen LogP contribution in [0.2, 0.25) is 0 Å². The van der Waals surface area contributed by atoms with Gasteiger partial charge >= 0.3 is 0 Å². The summed E-state index contributed by atoms with van der Waals surface area (Å²) in [6.07, 6.45) is 2.05. The van der Waals surface area contributed by atoms with Crippen LogP contribution in [0.5, 0.6) is 5.75 Å². The molecule has 1 amide bonds. The van der Waals surface area contributed by atoms with E-state index in [1.54, 1.807) is 6.07 Å². The first-order valence-corrected chi connectivity index (χ1v) is 5.89. The topological polar surface area (TPSA) is 64.3 Å². The summed E-state index contributed by atoms with van der Waals surface area (Å²) in [5.41, 5.74) is 7.26. The van der Waals surface area contributed by atoms with E-state index in [-0.39, 0.29) is 12.5 Å². The van der Waals surface area contributed by atoms with Crippen LogP contribution in [0.4, 0.5) is 5.69 Å². The molecule has 4 nitrogen and oxygen atoms in total. The van der Waals surface area contributed by atoms with E-state index in [9.17, 15) is 4.79 Å². The van der Waals surface area contributed by atoms with Crippen LogP contribution in [0.15, 0.2) is 18.2 Å².